The summed E-state index contributed by atoms with van der Waals surface area (Å²) < 4.78 is 0. The summed E-state index contributed by atoms with van der Waals surface area (Å²) in [5.41, 5.74) is 0. The predicted molar refractivity (Wildman–Crippen MR) is 75.5 cm³/mol. The number of rotatable bonds is 7. The van der Waals surface area contributed by atoms with Crippen molar-refractivity contribution >= 4 is 0 Å². The molecule has 1 rings (SSSR count). The van der Waals surface area contributed by atoms with Crippen LogP contribution in [0.4, 0.5) is 0 Å². The Balaban J connectivity index is 2.19. The van der Waals surface area contributed by atoms with E-state index >= 15 is 0 Å². The van der Waals surface area contributed by atoms with Crippen molar-refractivity contribution in [2.24, 2.45) is 0 Å². The normalized spacial score (nSPS) is 25.1. The molecule has 17 heavy (non-hydrogen) atoms. The highest BCUT2D eigenvalue weighted by atomic mass is 15.3. The highest BCUT2D eigenvalue weighted by Gasteiger charge is 2.22. The van der Waals surface area contributed by atoms with Crippen molar-refractivity contribution in [3.8, 4) is 0 Å². The smallest absolute Gasteiger partial charge is 0.0218 e. The first-order valence-corrected chi connectivity index (χ1v) is 7.33. The lowest BCUT2D eigenvalue weighted by Gasteiger charge is -2.39. The maximum Gasteiger partial charge on any atom is 0.0218 e. The Kier molecular flexibility index (Phi) is 7.09. The molecule has 102 valence electrons. The molecule has 3 heteroatoms. The molecule has 2 unspecified atom stereocenters. The molecule has 0 saturated carbocycles. The van der Waals surface area contributed by atoms with E-state index in [-0.39, 0.29) is 0 Å². The average Bonchev–Trinajstić information content (AvgIpc) is 2.35. The lowest BCUT2D eigenvalue weighted by molar-refractivity contribution is 0.0906. The van der Waals surface area contributed by atoms with E-state index in [0.29, 0.717) is 6.04 Å². The van der Waals surface area contributed by atoms with Crippen molar-refractivity contribution in [3.63, 3.8) is 0 Å². The summed E-state index contributed by atoms with van der Waals surface area (Å²) >= 11 is 0. The fourth-order valence-electron chi connectivity index (χ4n) is 2.52. The van der Waals surface area contributed by atoms with E-state index in [1.807, 2.05) is 0 Å². The maximum absolute atomic E-state index is 3.57. The van der Waals surface area contributed by atoms with Crippen LogP contribution in [0, 0.1) is 0 Å². The molecule has 1 heterocycles. The Labute approximate surface area is 108 Å². The van der Waals surface area contributed by atoms with Gasteiger partial charge in [0.25, 0.3) is 0 Å². The topological polar surface area (TPSA) is 18.5 Å². The van der Waals surface area contributed by atoms with E-state index < -0.39 is 0 Å². The van der Waals surface area contributed by atoms with E-state index in [0.717, 1.165) is 12.6 Å². The van der Waals surface area contributed by atoms with Crippen LogP contribution in [-0.4, -0.2) is 61.7 Å². The standard InChI is InChI=1S/C14H31N3/c1-5-8-15-13(3)7-9-17-11-10-16(4)14(6-2)12-17/h13-15H,5-12H2,1-4H3. The van der Waals surface area contributed by atoms with Crippen molar-refractivity contribution < 1.29 is 0 Å². The minimum atomic E-state index is 0.662. The number of hydrogen-bond acceptors (Lipinski definition) is 3. The van der Waals surface area contributed by atoms with Crippen LogP contribution in [0.1, 0.15) is 40.0 Å². The minimum absolute atomic E-state index is 0.662. The molecule has 1 aliphatic rings. The number of nitrogens with zero attached hydrogens (tertiary/aromatic N) is 2. The summed E-state index contributed by atoms with van der Waals surface area (Å²) in [4.78, 5) is 5.15. The Morgan fingerprint density at radius 1 is 1.29 bits per heavy atom. The second-order valence-electron chi connectivity index (χ2n) is 5.49. The molecule has 2 atom stereocenters. The van der Waals surface area contributed by atoms with Gasteiger partial charge in [0.1, 0.15) is 0 Å². The molecule has 0 bridgehead atoms. The second-order valence-corrected chi connectivity index (χ2v) is 5.49. The van der Waals surface area contributed by atoms with Crippen LogP contribution < -0.4 is 5.32 Å². The molecular weight excluding hydrogens is 210 g/mol. The van der Waals surface area contributed by atoms with Gasteiger partial charge in [-0.1, -0.05) is 13.8 Å². The van der Waals surface area contributed by atoms with Gasteiger partial charge >= 0.3 is 0 Å². The molecule has 3 nitrogen and oxygen atoms in total. The molecule has 1 saturated heterocycles. The van der Waals surface area contributed by atoms with Crippen molar-refractivity contribution in [1.82, 2.24) is 15.1 Å². The molecule has 1 aliphatic heterocycles. The molecule has 0 aromatic carbocycles. The molecule has 0 radical (unpaired) electrons. The van der Waals surface area contributed by atoms with Gasteiger partial charge in [0.05, 0.1) is 0 Å². The van der Waals surface area contributed by atoms with Crippen LogP contribution in [0.5, 0.6) is 0 Å². The largest absolute Gasteiger partial charge is 0.314 e. The van der Waals surface area contributed by atoms with E-state index in [1.54, 1.807) is 0 Å². The fourth-order valence-corrected chi connectivity index (χ4v) is 2.52. The summed E-state index contributed by atoms with van der Waals surface area (Å²) in [7, 11) is 2.26. The van der Waals surface area contributed by atoms with Gasteiger partial charge < -0.3 is 15.1 Å². The van der Waals surface area contributed by atoms with Crippen molar-refractivity contribution in [1.29, 1.82) is 0 Å². The summed E-state index contributed by atoms with van der Waals surface area (Å²) in [6, 6.07) is 1.43. The Hall–Kier alpha value is -0.120. The van der Waals surface area contributed by atoms with Crippen molar-refractivity contribution in [2.75, 3.05) is 39.8 Å². The first-order valence-electron chi connectivity index (χ1n) is 7.33. The van der Waals surface area contributed by atoms with Gasteiger partial charge in [0, 0.05) is 31.7 Å². The first-order chi connectivity index (χ1) is 8.17. The van der Waals surface area contributed by atoms with Crippen LogP contribution >= 0.6 is 0 Å². The zero-order chi connectivity index (χ0) is 12.7. The molecule has 0 amide bonds. The monoisotopic (exact) mass is 241 g/mol. The van der Waals surface area contributed by atoms with Gasteiger partial charge in [-0.2, -0.15) is 0 Å². The van der Waals surface area contributed by atoms with Crippen molar-refractivity contribution in [3.05, 3.63) is 0 Å². The maximum atomic E-state index is 3.57. The molecule has 0 aliphatic carbocycles. The van der Waals surface area contributed by atoms with E-state index in [4.69, 9.17) is 0 Å². The highest BCUT2D eigenvalue weighted by molar-refractivity contribution is 4.79. The Bertz CT molecular complexity index is 196. The third kappa shape index (κ3) is 5.36. The number of hydrogen-bond donors (Lipinski definition) is 1. The zero-order valence-corrected chi connectivity index (χ0v) is 12.2. The van der Waals surface area contributed by atoms with Crippen LogP contribution in [0.3, 0.4) is 0 Å². The lowest BCUT2D eigenvalue weighted by atomic mass is 10.1. The molecule has 0 spiro atoms. The summed E-state index contributed by atoms with van der Waals surface area (Å²) in [5.74, 6) is 0. The van der Waals surface area contributed by atoms with Crippen molar-refractivity contribution in [2.45, 2.75) is 52.1 Å². The lowest BCUT2D eigenvalue weighted by Crippen LogP contribution is -2.51. The Morgan fingerprint density at radius 2 is 2.06 bits per heavy atom. The molecule has 0 aromatic heterocycles. The number of likely N-dealkylation sites (N-methyl/N-ethyl adjacent to an activating group) is 1. The van der Waals surface area contributed by atoms with Gasteiger partial charge in [0.2, 0.25) is 0 Å². The summed E-state index contributed by atoms with van der Waals surface area (Å²) in [5, 5.41) is 3.57. The van der Waals surface area contributed by atoms with Gasteiger partial charge in [0.15, 0.2) is 0 Å². The summed E-state index contributed by atoms with van der Waals surface area (Å²) in [6.07, 6.45) is 3.79. The Morgan fingerprint density at radius 3 is 2.71 bits per heavy atom. The fraction of sp³-hybridized carbons (Fsp3) is 1.00. The van der Waals surface area contributed by atoms with Crippen LogP contribution in [0.25, 0.3) is 0 Å². The van der Waals surface area contributed by atoms with Gasteiger partial charge in [-0.3, -0.25) is 0 Å². The third-order valence-corrected chi connectivity index (χ3v) is 3.95. The highest BCUT2D eigenvalue weighted by Crippen LogP contribution is 2.11. The van der Waals surface area contributed by atoms with Crippen LogP contribution in [0.2, 0.25) is 0 Å². The second kappa shape index (κ2) is 8.06. The van der Waals surface area contributed by atoms with E-state index in [9.17, 15) is 0 Å². The third-order valence-electron chi connectivity index (χ3n) is 3.95. The number of nitrogens with one attached hydrogen (secondary N) is 1. The summed E-state index contributed by atoms with van der Waals surface area (Å²) in [6.45, 7) is 13.0. The predicted octanol–water partition coefficient (Wildman–Crippen LogP) is 1.79. The van der Waals surface area contributed by atoms with Gasteiger partial charge in [-0.15, -0.1) is 0 Å². The molecular formula is C14H31N3. The zero-order valence-electron chi connectivity index (χ0n) is 12.2. The first kappa shape index (κ1) is 14.9. The van der Waals surface area contributed by atoms with E-state index in [2.05, 4.69) is 42.9 Å². The van der Waals surface area contributed by atoms with Crippen LogP contribution in [-0.2, 0) is 0 Å². The van der Waals surface area contributed by atoms with Gasteiger partial charge in [-0.05, 0) is 46.3 Å². The average molecular weight is 241 g/mol. The minimum Gasteiger partial charge on any atom is -0.314 e. The van der Waals surface area contributed by atoms with Gasteiger partial charge in [-0.25, -0.2) is 0 Å². The number of piperazine rings is 1. The molecule has 1 fully saturated rings. The molecule has 0 aromatic rings. The quantitative estimate of drug-likeness (QED) is 0.733. The SMILES string of the molecule is CCCNC(C)CCN1CCN(C)C(CC)C1. The van der Waals surface area contributed by atoms with E-state index in [1.165, 1.54) is 45.4 Å². The molecule has 1 N–H and O–H groups in total. The van der Waals surface area contributed by atoms with Crippen LogP contribution in [0.15, 0.2) is 0 Å².